The van der Waals surface area contributed by atoms with Gasteiger partial charge in [0.1, 0.15) is 0 Å². The normalized spacial score (nSPS) is 10.8. The van der Waals surface area contributed by atoms with Crippen LogP contribution in [0, 0.1) is 0 Å². The van der Waals surface area contributed by atoms with Gasteiger partial charge in [0.25, 0.3) is 0 Å². The molecule has 0 aliphatic rings. The third kappa shape index (κ3) is 4.06. The largest absolute Gasteiger partial charge is 0.493 e. The highest BCUT2D eigenvalue weighted by molar-refractivity contribution is 9.10. The fraction of sp³-hybridized carbons (Fsp3) is 0.133. The molecule has 0 saturated heterocycles. The molecule has 0 atom stereocenters. The molecular formula is C15H13BrCl2N2O2. The molecule has 4 nitrogen and oxygen atoms in total. The summed E-state index contributed by atoms with van der Waals surface area (Å²) in [5.41, 5.74) is 4.47. The molecule has 0 aromatic heterocycles. The number of halogens is 3. The summed E-state index contributed by atoms with van der Waals surface area (Å²) >= 11 is 15.2. The molecule has 0 radical (unpaired) electrons. The second-order valence-corrected chi connectivity index (χ2v) is 5.91. The first-order valence-corrected chi connectivity index (χ1v) is 7.75. The summed E-state index contributed by atoms with van der Waals surface area (Å²) in [7, 11) is 3.17. The first kappa shape index (κ1) is 16.9. The van der Waals surface area contributed by atoms with E-state index < -0.39 is 0 Å². The van der Waals surface area contributed by atoms with E-state index in [1.54, 1.807) is 38.6 Å². The van der Waals surface area contributed by atoms with Gasteiger partial charge in [-0.15, -0.1) is 0 Å². The number of ether oxygens (including phenoxy) is 2. The fourth-order valence-electron chi connectivity index (χ4n) is 1.76. The molecule has 116 valence electrons. The van der Waals surface area contributed by atoms with Gasteiger partial charge in [0.15, 0.2) is 11.5 Å². The van der Waals surface area contributed by atoms with E-state index in [0.29, 0.717) is 21.5 Å². The van der Waals surface area contributed by atoms with Crippen molar-refractivity contribution < 1.29 is 9.47 Å². The number of hydrogen-bond donors (Lipinski definition) is 1. The summed E-state index contributed by atoms with van der Waals surface area (Å²) in [6.07, 6.45) is 1.66. The Kier molecular flexibility index (Phi) is 5.94. The highest BCUT2D eigenvalue weighted by atomic mass is 79.9. The molecule has 0 amide bonds. The molecule has 2 aromatic rings. The van der Waals surface area contributed by atoms with Crippen LogP contribution in [0.1, 0.15) is 5.56 Å². The maximum absolute atomic E-state index is 5.94. The van der Waals surface area contributed by atoms with Crippen molar-refractivity contribution in [3.05, 3.63) is 50.4 Å². The maximum atomic E-state index is 5.94. The van der Waals surface area contributed by atoms with Crippen LogP contribution >= 0.6 is 39.1 Å². The predicted octanol–water partition coefficient (Wildman–Crippen LogP) is 5.22. The molecule has 0 spiro atoms. The number of methoxy groups -OCH3 is 2. The van der Waals surface area contributed by atoms with E-state index in [0.717, 1.165) is 15.7 Å². The molecule has 7 heteroatoms. The van der Waals surface area contributed by atoms with E-state index in [-0.39, 0.29) is 0 Å². The Balaban J connectivity index is 2.16. The molecular weight excluding hydrogens is 391 g/mol. The van der Waals surface area contributed by atoms with Gasteiger partial charge in [-0.1, -0.05) is 23.2 Å². The lowest BCUT2D eigenvalue weighted by Crippen LogP contribution is -1.95. The van der Waals surface area contributed by atoms with Crippen molar-refractivity contribution in [2.75, 3.05) is 19.6 Å². The average Bonchev–Trinajstić information content (AvgIpc) is 2.50. The number of nitrogens with one attached hydrogen (secondary N) is 1. The van der Waals surface area contributed by atoms with Crippen molar-refractivity contribution in [1.82, 2.24) is 0 Å². The zero-order valence-electron chi connectivity index (χ0n) is 11.9. The number of nitrogens with zero attached hydrogens (tertiary/aromatic N) is 1. The van der Waals surface area contributed by atoms with Crippen LogP contribution in [0.15, 0.2) is 39.9 Å². The van der Waals surface area contributed by atoms with E-state index >= 15 is 0 Å². The van der Waals surface area contributed by atoms with E-state index in [1.165, 1.54) is 0 Å². The molecule has 0 saturated carbocycles. The topological polar surface area (TPSA) is 42.8 Å². The van der Waals surface area contributed by atoms with Crippen molar-refractivity contribution in [1.29, 1.82) is 0 Å². The first-order valence-electron chi connectivity index (χ1n) is 6.20. The number of hydrogen-bond acceptors (Lipinski definition) is 4. The van der Waals surface area contributed by atoms with Gasteiger partial charge in [0.2, 0.25) is 0 Å². The van der Waals surface area contributed by atoms with Crippen LogP contribution in [0.5, 0.6) is 11.5 Å². The van der Waals surface area contributed by atoms with Crippen LogP contribution < -0.4 is 14.9 Å². The van der Waals surface area contributed by atoms with Crippen LogP contribution in [0.2, 0.25) is 10.0 Å². The van der Waals surface area contributed by atoms with Crippen molar-refractivity contribution >= 4 is 51.0 Å². The Morgan fingerprint density at radius 3 is 2.50 bits per heavy atom. The summed E-state index contributed by atoms with van der Waals surface area (Å²) in [4.78, 5) is 0. The lowest BCUT2D eigenvalue weighted by Gasteiger charge is -2.10. The third-order valence-corrected chi connectivity index (χ3v) is 4.11. The summed E-state index contributed by atoms with van der Waals surface area (Å²) in [6.45, 7) is 0. The van der Waals surface area contributed by atoms with Crippen molar-refractivity contribution in [2.45, 2.75) is 0 Å². The lowest BCUT2D eigenvalue weighted by atomic mass is 10.2. The highest BCUT2D eigenvalue weighted by Crippen LogP contribution is 2.35. The van der Waals surface area contributed by atoms with Gasteiger partial charge in [0.05, 0.1) is 40.6 Å². The minimum absolute atomic E-state index is 0.468. The van der Waals surface area contributed by atoms with Gasteiger partial charge < -0.3 is 9.47 Å². The molecule has 0 fully saturated rings. The zero-order valence-corrected chi connectivity index (χ0v) is 15.0. The van der Waals surface area contributed by atoms with Gasteiger partial charge in [-0.25, -0.2) is 0 Å². The van der Waals surface area contributed by atoms with E-state index in [4.69, 9.17) is 32.7 Å². The third-order valence-electron chi connectivity index (χ3n) is 2.78. The Labute approximate surface area is 147 Å². The van der Waals surface area contributed by atoms with Crippen LogP contribution in [0.3, 0.4) is 0 Å². The van der Waals surface area contributed by atoms with E-state index in [9.17, 15) is 0 Å². The van der Waals surface area contributed by atoms with Crippen molar-refractivity contribution in [2.24, 2.45) is 5.10 Å². The number of anilines is 1. The zero-order chi connectivity index (χ0) is 16.1. The van der Waals surface area contributed by atoms with Crippen molar-refractivity contribution in [3.63, 3.8) is 0 Å². The van der Waals surface area contributed by atoms with Gasteiger partial charge >= 0.3 is 0 Å². The molecule has 0 aliphatic heterocycles. The summed E-state index contributed by atoms with van der Waals surface area (Å²) in [5.74, 6) is 1.25. The molecule has 0 bridgehead atoms. The van der Waals surface area contributed by atoms with Gasteiger partial charge in [0, 0.05) is 0 Å². The average molecular weight is 404 g/mol. The summed E-state index contributed by atoms with van der Waals surface area (Å²) < 4.78 is 11.3. The van der Waals surface area contributed by atoms with E-state index in [2.05, 4.69) is 26.5 Å². The number of hydrazone groups is 1. The van der Waals surface area contributed by atoms with E-state index in [1.807, 2.05) is 12.1 Å². The SMILES string of the molecule is COc1cc(C=NNc2ccc(Cl)c(Cl)c2)cc(Br)c1OC. The van der Waals surface area contributed by atoms with Crippen molar-refractivity contribution in [3.8, 4) is 11.5 Å². The monoisotopic (exact) mass is 402 g/mol. The summed E-state index contributed by atoms with van der Waals surface area (Å²) in [6, 6.07) is 8.89. The molecule has 2 aromatic carbocycles. The molecule has 0 heterocycles. The smallest absolute Gasteiger partial charge is 0.174 e. The minimum atomic E-state index is 0.468. The predicted molar refractivity (Wildman–Crippen MR) is 94.9 cm³/mol. The molecule has 22 heavy (non-hydrogen) atoms. The minimum Gasteiger partial charge on any atom is -0.493 e. The molecule has 1 N–H and O–H groups in total. The molecule has 2 rings (SSSR count). The van der Waals surface area contributed by atoms with Gasteiger partial charge in [-0.2, -0.15) is 5.10 Å². The van der Waals surface area contributed by atoms with Crippen LogP contribution in [0.4, 0.5) is 5.69 Å². The molecule has 0 aliphatic carbocycles. The van der Waals surface area contributed by atoms with Crippen LogP contribution in [0.25, 0.3) is 0 Å². The standard InChI is InChI=1S/C15H13BrCl2N2O2/c1-21-14-6-9(5-11(16)15(14)22-2)8-19-20-10-3-4-12(17)13(18)7-10/h3-8,20H,1-2H3. The maximum Gasteiger partial charge on any atom is 0.174 e. The summed E-state index contributed by atoms with van der Waals surface area (Å²) in [5, 5.41) is 5.13. The molecule has 0 unspecified atom stereocenters. The quantitative estimate of drug-likeness (QED) is 0.549. The Bertz CT molecular complexity index is 708. The van der Waals surface area contributed by atoms with Crippen LogP contribution in [-0.2, 0) is 0 Å². The second kappa shape index (κ2) is 7.72. The van der Waals surface area contributed by atoms with Crippen LogP contribution in [-0.4, -0.2) is 20.4 Å². The Hall–Kier alpha value is -1.43. The first-order chi connectivity index (χ1) is 10.5. The van der Waals surface area contributed by atoms with Gasteiger partial charge in [-0.3, -0.25) is 5.43 Å². The number of benzene rings is 2. The number of rotatable bonds is 5. The fourth-order valence-corrected chi connectivity index (χ4v) is 2.68. The lowest BCUT2D eigenvalue weighted by molar-refractivity contribution is 0.353. The van der Waals surface area contributed by atoms with Gasteiger partial charge in [-0.05, 0) is 51.8 Å². The highest BCUT2D eigenvalue weighted by Gasteiger charge is 2.09. The second-order valence-electron chi connectivity index (χ2n) is 4.24. The Morgan fingerprint density at radius 1 is 1.09 bits per heavy atom. The Morgan fingerprint density at radius 2 is 1.86 bits per heavy atom.